The van der Waals surface area contributed by atoms with E-state index in [1.807, 2.05) is 18.2 Å². The second-order valence-corrected chi connectivity index (χ2v) is 4.52. The van der Waals surface area contributed by atoms with Crippen LogP contribution in [0.1, 0.15) is 31.0 Å². The van der Waals surface area contributed by atoms with Crippen molar-refractivity contribution in [1.29, 1.82) is 0 Å². The van der Waals surface area contributed by atoms with Gasteiger partial charge in [0.15, 0.2) is 5.82 Å². The largest absolute Gasteiger partial charge is 0.487 e. The Hall–Kier alpha value is -2.14. The molecule has 0 bridgehead atoms. The number of hydrogen-bond donors (Lipinski definition) is 2. The number of aromatic nitrogens is 2. The van der Waals surface area contributed by atoms with Gasteiger partial charge in [0.2, 0.25) is 0 Å². The zero-order valence-electron chi connectivity index (χ0n) is 11.1. The zero-order chi connectivity index (χ0) is 13.7. The van der Waals surface area contributed by atoms with Gasteiger partial charge in [-0.2, -0.15) is 0 Å². The Morgan fingerprint density at radius 1 is 1.21 bits per heavy atom. The van der Waals surface area contributed by atoms with E-state index in [1.165, 1.54) is 5.56 Å². The van der Waals surface area contributed by atoms with Crippen molar-refractivity contribution in [2.24, 2.45) is 5.84 Å². The standard InChI is InChI=1S/C14H18N4O/c1-10(2)12-5-3-4-6-13(12)19-9-11-7-17-14(18-15)8-16-11/h3-8,10H,9,15H2,1-2H3,(H,17,18). The van der Waals surface area contributed by atoms with E-state index in [0.717, 1.165) is 11.4 Å². The lowest BCUT2D eigenvalue weighted by Crippen LogP contribution is -2.09. The molecule has 0 saturated carbocycles. The average molecular weight is 258 g/mol. The molecule has 1 heterocycles. The number of anilines is 1. The van der Waals surface area contributed by atoms with Crippen molar-refractivity contribution in [2.75, 3.05) is 5.43 Å². The molecule has 0 unspecified atom stereocenters. The maximum atomic E-state index is 5.80. The Labute approximate surface area is 112 Å². The number of nitrogens with one attached hydrogen (secondary N) is 1. The fourth-order valence-corrected chi connectivity index (χ4v) is 1.74. The van der Waals surface area contributed by atoms with Crippen LogP contribution in [0.25, 0.3) is 0 Å². The van der Waals surface area contributed by atoms with Crippen molar-refractivity contribution in [1.82, 2.24) is 9.97 Å². The van der Waals surface area contributed by atoms with Crippen molar-refractivity contribution in [3.63, 3.8) is 0 Å². The van der Waals surface area contributed by atoms with E-state index in [0.29, 0.717) is 18.3 Å². The monoisotopic (exact) mass is 258 g/mol. The predicted octanol–water partition coefficient (Wildman–Crippen LogP) is 2.46. The first kappa shape index (κ1) is 13.3. The molecule has 0 amide bonds. The first-order chi connectivity index (χ1) is 9.20. The molecule has 3 N–H and O–H groups in total. The number of ether oxygens (including phenoxy) is 1. The van der Waals surface area contributed by atoms with Crippen LogP contribution in [0.5, 0.6) is 5.75 Å². The molecule has 0 fully saturated rings. The molecule has 0 spiro atoms. The van der Waals surface area contributed by atoms with E-state index in [2.05, 4.69) is 35.3 Å². The highest BCUT2D eigenvalue weighted by atomic mass is 16.5. The molecule has 2 rings (SSSR count). The Bertz CT molecular complexity index is 525. The highest BCUT2D eigenvalue weighted by Gasteiger charge is 2.07. The summed E-state index contributed by atoms with van der Waals surface area (Å²) in [6.45, 7) is 4.68. The minimum Gasteiger partial charge on any atom is -0.487 e. The second kappa shape index (κ2) is 6.15. The Kier molecular flexibility index (Phi) is 4.30. The van der Waals surface area contributed by atoms with Crippen LogP contribution in [-0.2, 0) is 6.61 Å². The van der Waals surface area contributed by atoms with E-state index >= 15 is 0 Å². The molecule has 2 aromatic rings. The summed E-state index contributed by atoms with van der Waals surface area (Å²) in [7, 11) is 0. The summed E-state index contributed by atoms with van der Waals surface area (Å²) >= 11 is 0. The molecule has 0 atom stereocenters. The molecule has 19 heavy (non-hydrogen) atoms. The van der Waals surface area contributed by atoms with Crippen molar-refractivity contribution in [2.45, 2.75) is 26.4 Å². The lowest BCUT2D eigenvalue weighted by molar-refractivity contribution is 0.296. The van der Waals surface area contributed by atoms with Gasteiger partial charge in [-0.1, -0.05) is 32.0 Å². The highest BCUT2D eigenvalue weighted by Crippen LogP contribution is 2.26. The molecule has 5 heteroatoms. The summed E-state index contributed by atoms with van der Waals surface area (Å²) < 4.78 is 5.80. The molecule has 5 nitrogen and oxygen atoms in total. The number of hydrazine groups is 1. The topological polar surface area (TPSA) is 73.1 Å². The fraction of sp³-hybridized carbons (Fsp3) is 0.286. The maximum absolute atomic E-state index is 5.80. The third-order valence-electron chi connectivity index (χ3n) is 2.77. The number of nitrogens with two attached hydrogens (primary N) is 1. The summed E-state index contributed by atoms with van der Waals surface area (Å²) in [5.41, 5.74) is 4.39. The maximum Gasteiger partial charge on any atom is 0.158 e. The summed E-state index contributed by atoms with van der Waals surface area (Å²) in [5, 5.41) is 0. The molecule has 0 saturated heterocycles. The average Bonchev–Trinajstić information content (AvgIpc) is 2.46. The van der Waals surface area contributed by atoms with Crippen LogP contribution in [0, 0.1) is 0 Å². The molecule has 100 valence electrons. The summed E-state index contributed by atoms with van der Waals surface area (Å²) in [6, 6.07) is 8.03. The smallest absolute Gasteiger partial charge is 0.158 e. The van der Waals surface area contributed by atoms with Crippen LogP contribution in [0.2, 0.25) is 0 Å². The first-order valence-corrected chi connectivity index (χ1v) is 6.20. The number of hydrogen-bond acceptors (Lipinski definition) is 5. The van der Waals surface area contributed by atoms with Crippen LogP contribution < -0.4 is 16.0 Å². The van der Waals surface area contributed by atoms with Gasteiger partial charge in [-0.05, 0) is 17.5 Å². The quantitative estimate of drug-likeness (QED) is 0.636. The molecular weight excluding hydrogens is 240 g/mol. The number of benzene rings is 1. The van der Waals surface area contributed by atoms with Gasteiger partial charge in [-0.25, -0.2) is 10.8 Å². The molecule has 0 aliphatic heterocycles. The van der Waals surface area contributed by atoms with Crippen LogP contribution in [-0.4, -0.2) is 9.97 Å². The van der Waals surface area contributed by atoms with Gasteiger partial charge >= 0.3 is 0 Å². The molecule has 1 aromatic heterocycles. The minimum atomic E-state index is 0.390. The van der Waals surface area contributed by atoms with E-state index < -0.39 is 0 Å². The molecule has 0 aliphatic rings. The zero-order valence-corrected chi connectivity index (χ0v) is 11.1. The minimum absolute atomic E-state index is 0.390. The predicted molar refractivity (Wildman–Crippen MR) is 74.7 cm³/mol. The number of rotatable bonds is 5. The SMILES string of the molecule is CC(C)c1ccccc1OCc1cnc(NN)cn1. The van der Waals surface area contributed by atoms with Gasteiger partial charge < -0.3 is 10.2 Å². The van der Waals surface area contributed by atoms with Gasteiger partial charge in [0.25, 0.3) is 0 Å². The molecule has 0 aliphatic carbocycles. The first-order valence-electron chi connectivity index (χ1n) is 6.20. The molecule has 1 aromatic carbocycles. The number of nitrogens with zero attached hydrogens (tertiary/aromatic N) is 2. The van der Waals surface area contributed by atoms with Gasteiger partial charge in [0, 0.05) is 0 Å². The fourth-order valence-electron chi connectivity index (χ4n) is 1.74. The normalized spacial score (nSPS) is 10.5. The third kappa shape index (κ3) is 3.42. The summed E-state index contributed by atoms with van der Waals surface area (Å²) in [4.78, 5) is 8.30. The Morgan fingerprint density at radius 2 is 2.00 bits per heavy atom. The van der Waals surface area contributed by atoms with Crippen molar-refractivity contribution >= 4 is 5.82 Å². The van der Waals surface area contributed by atoms with Gasteiger partial charge in [-0.3, -0.25) is 4.98 Å². The third-order valence-corrected chi connectivity index (χ3v) is 2.77. The summed E-state index contributed by atoms with van der Waals surface area (Å²) in [6.07, 6.45) is 3.22. The lowest BCUT2D eigenvalue weighted by atomic mass is 10.0. The number of nitrogen functional groups attached to an aromatic ring is 1. The van der Waals surface area contributed by atoms with E-state index in [1.54, 1.807) is 12.4 Å². The van der Waals surface area contributed by atoms with E-state index in [-0.39, 0.29) is 0 Å². The van der Waals surface area contributed by atoms with Gasteiger partial charge in [0.1, 0.15) is 12.4 Å². The van der Waals surface area contributed by atoms with Crippen molar-refractivity contribution in [3.8, 4) is 5.75 Å². The van der Waals surface area contributed by atoms with Crippen molar-refractivity contribution < 1.29 is 4.74 Å². The lowest BCUT2D eigenvalue weighted by Gasteiger charge is -2.13. The Balaban J connectivity index is 2.05. The highest BCUT2D eigenvalue weighted by molar-refractivity contribution is 5.35. The summed E-state index contributed by atoms with van der Waals surface area (Å²) in [5.74, 6) is 7.08. The molecular formula is C14H18N4O. The van der Waals surface area contributed by atoms with E-state index in [9.17, 15) is 0 Å². The van der Waals surface area contributed by atoms with E-state index in [4.69, 9.17) is 10.6 Å². The van der Waals surface area contributed by atoms with Crippen LogP contribution in [0.3, 0.4) is 0 Å². The van der Waals surface area contributed by atoms with Crippen molar-refractivity contribution in [3.05, 3.63) is 47.9 Å². The van der Waals surface area contributed by atoms with Crippen LogP contribution in [0.4, 0.5) is 5.82 Å². The van der Waals surface area contributed by atoms with Crippen LogP contribution in [0.15, 0.2) is 36.7 Å². The second-order valence-electron chi connectivity index (χ2n) is 4.52. The number of para-hydroxylation sites is 1. The van der Waals surface area contributed by atoms with Gasteiger partial charge in [0.05, 0.1) is 18.1 Å². The molecule has 0 radical (unpaired) electrons. The Morgan fingerprint density at radius 3 is 2.63 bits per heavy atom. The van der Waals surface area contributed by atoms with Crippen LogP contribution >= 0.6 is 0 Å². The van der Waals surface area contributed by atoms with Gasteiger partial charge in [-0.15, -0.1) is 0 Å².